The van der Waals surface area contributed by atoms with Gasteiger partial charge < -0.3 is 10.1 Å². The maximum Gasteiger partial charge on any atom is 0.256 e. The van der Waals surface area contributed by atoms with E-state index >= 15 is 0 Å². The summed E-state index contributed by atoms with van der Waals surface area (Å²) < 4.78 is 5.29. The first-order valence-electron chi connectivity index (χ1n) is 8.00. The van der Waals surface area contributed by atoms with Crippen LogP contribution < -0.4 is 15.0 Å². The Bertz CT molecular complexity index is 773. The number of aryl methyl sites for hydroxylation is 1. The van der Waals surface area contributed by atoms with E-state index in [0.717, 1.165) is 12.0 Å². The predicted molar refractivity (Wildman–Crippen MR) is 93.3 cm³/mol. The zero-order valence-electron chi connectivity index (χ0n) is 13.8. The van der Waals surface area contributed by atoms with Gasteiger partial charge in [0.05, 0.1) is 24.9 Å². The number of para-hydroxylation sites is 3. The van der Waals surface area contributed by atoms with E-state index in [2.05, 4.69) is 5.32 Å². The first-order valence-corrected chi connectivity index (χ1v) is 8.00. The average molecular weight is 324 g/mol. The van der Waals surface area contributed by atoms with E-state index in [-0.39, 0.29) is 18.2 Å². The fourth-order valence-electron chi connectivity index (χ4n) is 2.98. The maximum absolute atomic E-state index is 12.8. The van der Waals surface area contributed by atoms with Crippen LogP contribution in [0.4, 0.5) is 11.4 Å². The molecule has 0 aliphatic carbocycles. The van der Waals surface area contributed by atoms with Gasteiger partial charge in [0.2, 0.25) is 5.91 Å². The molecule has 1 saturated heterocycles. The lowest BCUT2D eigenvalue weighted by molar-refractivity contribution is -0.121. The van der Waals surface area contributed by atoms with Crippen LogP contribution in [0, 0.1) is 0 Å². The Hall–Kier alpha value is -2.82. The Morgan fingerprint density at radius 3 is 2.58 bits per heavy atom. The molecule has 124 valence electrons. The van der Waals surface area contributed by atoms with Gasteiger partial charge in [-0.15, -0.1) is 0 Å². The molecule has 24 heavy (non-hydrogen) atoms. The van der Waals surface area contributed by atoms with Crippen molar-refractivity contribution in [2.75, 3.05) is 17.3 Å². The average Bonchev–Trinajstić information content (AvgIpc) is 2.89. The van der Waals surface area contributed by atoms with Crippen molar-refractivity contribution in [3.63, 3.8) is 0 Å². The summed E-state index contributed by atoms with van der Waals surface area (Å²) in [5.41, 5.74) is 2.37. The van der Waals surface area contributed by atoms with Crippen LogP contribution in [0.25, 0.3) is 0 Å². The number of benzene rings is 2. The largest absolute Gasteiger partial charge is 0.495 e. The van der Waals surface area contributed by atoms with Gasteiger partial charge in [0, 0.05) is 0 Å². The van der Waals surface area contributed by atoms with Crippen molar-refractivity contribution < 1.29 is 14.3 Å². The monoisotopic (exact) mass is 324 g/mol. The minimum absolute atomic E-state index is 0.134. The fraction of sp³-hybridized carbons (Fsp3) is 0.263. The zero-order valence-corrected chi connectivity index (χ0v) is 13.8. The quantitative estimate of drug-likeness (QED) is 0.859. The predicted octanol–water partition coefficient (Wildman–Crippen LogP) is 3.00. The number of methoxy groups -OCH3 is 1. The van der Waals surface area contributed by atoms with Gasteiger partial charge in [-0.1, -0.05) is 37.3 Å². The van der Waals surface area contributed by atoms with Crippen LogP contribution >= 0.6 is 0 Å². The van der Waals surface area contributed by atoms with Crippen LogP contribution in [0.5, 0.6) is 5.75 Å². The lowest BCUT2D eigenvalue weighted by Gasteiger charge is -2.19. The third kappa shape index (κ3) is 2.85. The van der Waals surface area contributed by atoms with Crippen LogP contribution in [-0.4, -0.2) is 25.0 Å². The molecule has 0 radical (unpaired) electrons. The molecule has 2 aromatic rings. The second kappa shape index (κ2) is 6.74. The van der Waals surface area contributed by atoms with Crippen molar-refractivity contribution in [1.29, 1.82) is 0 Å². The number of hydrogen-bond acceptors (Lipinski definition) is 4. The van der Waals surface area contributed by atoms with E-state index < -0.39 is 6.04 Å². The van der Waals surface area contributed by atoms with Gasteiger partial charge in [-0.3, -0.25) is 9.59 Å². The van der Waals surface area contributed by atoms with Gasteiger partial charge in [-0.2, -0.15) is 0 Å². The summed E-state index contributed by atoms with van der Waals surface area (Å²) in [5, 5.41) is 3.14. The number of hydrogen-bond donors (Lipinski definition) is 1. The van der Waals surface area contributed by atoms with Gasteiger partial charge in [0.25, 0.3) is 5.91 Å². The highest BCUT2D eigenvalue weighted by Gasteiger charge is 2.40. The molecule has 1 N–H and O–H groups in total. The molecular formula is C19H20N2O3. The molecule has 1 atom stereocenters. The minimum atomic E-state index is -0.585. The summed E-state index contributed by atoms with van der Waals surface area (Å²) in [6.45, 7) is 2.01. The normalized spacial score (nSPS) is 17.2. The van der Waals surface area contributed by atoms with Crippen molar-refractivity contribution in [3.8, 4) is 5.75 Å². The molecule has 0 saturated carbocycles. The third-order valence-corrected chi connectivity index (χ3v) is 4.20. The van der Waals surface area contributed by atoms with Gasteiger partial charge >= 0.3 is 0 Å². The van der Waals surface area contributed by atoms with Gasteiger partial charge in [0.15, 0.2) is 0 Å². The van der Waals surface area contributed by atoms with Crippen LogP contribution in [0.3, 0.4) is 0 Å². The Labute approximate surface area is 141 Å². The Morgan fingerprint density at radius 1 is 1.12 bits per heavy atom. The molecule has 0 unspecified atom stereocenters. The number of carbonyl (C=O) groups excluding carboxylic acids is 2. The smallest absolute Gasteiger partial charge is 0.256 e. The Morgan fingerprint density at radius 2 is 1.83 bits per heavy atom. The summed E-state index contributed by atoms with van der Waals surface area (Å²) in [6, 6.07) is 14.3. The first kappa shape index (κ1) is 16.1. The van der Waals surface area contributed by atoms with Crippen LogP contribution in [0.2, 0.25) is 0 Å². The standard InChI is InChI=1S/C19H20N2O3/c1-3-13-8-4-6-10-16(13)21-18(22)12-15(19(21)23)20-14-9-5-7-11-17(14)24-2/h4-11,15,20H,3,12H2,1-2H3/t15-/m0/s1. The molecule has 5 heteroatoms. The lowest BCUT2D eigenvalue weighted by atomic mass is 10.1. The lowest BCUT2D eigenvalue weighted by Crippen LogP contribution is -2.35. The molecule has 1 heterocycles. The summed E-state index contributed by atoms with van der Waals surface area (Å²) >= 11 is 0. The molecule has 5 nitrogen and oxygen atoms in total. The second-order valence-electron chi connectivity index (χ2n) is 5.65. The molecule has 1 aliphatic rings. The molecule has 0 aromatic heterocycles. The number of nitrogens with one attached hydrogen (secondary N) is 1. The van der Waals surface area contributed by atoms with E-state index in [1.807, 2.05) is 55.5 Å². The maximum atomic E-state index is 12.8. The molecule has 0 spiro atoms. The van der Waals surface area contributed by atoms with E-state index in [1.165, 1.54) is 4.90 Å². The first-order chi connectivity index (χ1) is 11.7. The number of amides is 2. The third-order valence-electron chi connectivity index (χ3n) is 4.20. The minimum Gasteiger partial charge on any atom is -0.495 e. The Balaban J connectivity index is 1.87. The topological polar surface area (TPSA) is 58.6 Å². The summed E-state index contributed by atoms with van der Waals surface area (Å²) in [7, 11) is 1.58. The van der Waals surface area contributed by atoms with Crippen molar-refractivity contribution in [2.24, 2.45) is 0 Å². The van der Waals surface area contributed by atoms with Crippen LogP contribution in [0.1, 0.15) is 18.9 Å². The van der Waals surface area contributed by atoms with Gasteiger partial charge in [-0.25, -0.2) is 4.90 Å². The molecule has 2 aromatic carbocycles. The summed E-state index contributed by atoms with van der Waals surface area (Å²) in [5.74, 6) is 0.227. The SMILES string of the molecule is CCc1ccccc1N1C(=O)C[C@H](Nc2ccccc2OC)C1=O. The number of ether oxygens (including phenoxy) is 1. The summed E-state index contributed by atoms with van der Waals surface area (Å²) in [4.78, 5) is 26.5. The molecule has 2 amide bonds. The Kier molecular flexibility index (Phi) is 4.51. The highest BCUT2D eigenvalue weighted by molar-refractivity contribution is 6.23. The van der Waals surface area contributed by atoms with Crippen molar-refractivity contribution in [2.45, 2.75) is 25.8 Å². The summed E-state index contributed by atoms with van der Waals surface area (Å²) in [6.07, 6.45) is 0.896. The van der Waals surface area contributed by atoms with Crippen molar-refractivity contribution in [3.05, 3.63) is 54.1 Å². The number of rotatable bonds is 5. The van der Waals surface area contributed by atoms with Crippen molar-refractivity contribution in [1.82, 2.24) is 0 Å². The number of anilines is 2. The molecule has 1 fully saturated rings. The molecule has 1 aliphatic heterocycles. The van der Waals surface area contributed by atoms with Crippen LogP contribution in [-0.2, 0) is 16.0 Å². The highest BCUT2D eigenvalue weighted by atomic mass is 16.5. The molecular weight excluding hydrogens is 304 g/mol. The highest BCUT2D eigenvalue weighted by Crippen LogP contribution is 2.30. The van der Waals surface area contributed by atoms with E-state index in [0.29, 0.717) is 17.1 Å². The second-order valence-corrected chi connectivity index (χ2v) is 5.65. The van der Waals surface area contributed by atoms with E-state index in [9.17, 15) is 9.59 Å². The number of imide groups is 1. The zero-order chi connectivity index (χ0) is 17.1. The number of carbonyl (C=O) groups is 2. The van der Waals surface area contributed by atoms with Gasteiger partial charge in [-0.05, 0) is 30.2 Å². The van der Waals surface area contributed by atoms with Crippen LogP contribution in [0.15, 0.2) is 48.5 Å². The van der Waals surface area contributed by atoms with Gasteiger partial charge in [0.1, 0.15) is 11.8 Å². The molecule has 3 rings (SSSR count). The molecule has 0 bridgehead atoms. The number of nitrogens with zero attached hydrogens (tertiary/aromatic N) is 1. The van der Waals surface area contributed by atoms with E-state index in [4.69, 9.17) is 4.74 Å². The van der Waals surface area contributed by atoms with Crippen molar-refractivity contribution >= 4 is 23.2 Å². The van der Waals surface area contributed by atoms with E-state index in [1.54, 1.807) is 7.11 Å². The fourth-order valence-corrected chi connectivity index (χ4v) is 2.98.